The number of carbonyl (C=O) groups is 1. The van der Waals surface area contributed by atoms with Crippen molar-refractivity contribution in [1.82, 2.24) is 0 Å². The number of ether oxygens (including phenoxy) is 1. The second-order valence-corrected chi connectivity index (χ2v) is 5.38. The van der Waals surface area contributed by atoms with Crippen LogP contribution in [0.3, 0.4) is 0 Å². The minimum atomic E-state index is -0.581. The molecule has 0 aliphatic heterocycles. The van der Waals surface area contributed by atoms with Gasteiger partial charge in [-0.1, -0.05) is 6.07 Å². The van der Waals surface area contributed by atoms with E-state index in [1.807, 2.05) is 19.1 Å². The molecule has 0 bridgehead atoms. The van der Waals surface area contributed by atoms with E-state index in [1.54, 1.807) is 6.07 Å². The van der Waals surface area contributed by atoms with Crippen molar-refractivity contribution in [2.24, 2.45) is 0 Å². The van der Waals surface area contributed by atoms with Crippen LogP contribution in [-0.4, -0.2) is 10.7 Å². The fraction of sp³-hybridized carbons (Fsp3) is 0.133. The van der Waals surface area contributed by atoms with Gasteiger partial charge in [-0.3, -0.25) is 14.9 Å². The van der Waals surface area contributed by atoms with Gasteiger partial charge < -0.3 is 4.74 Å². The topological polar surface area (TPSA) is 69.4 Å². The third-order valence-electron chi connectivity index (χ3n) is 2.86. The smallest absolute Gasteiger partial charge is 0.280 e. The summed E-state index contributed by atoms with van der Waals surface area (Å²) in [5.41, 5.74) is 0.876. The molecule has 5 nitrogen and oxygen atoms in total. The molecule has 0 aliphatic rings. The van der Waals surface area contributed by atoms with E-state index in [4.69, 9.17) is 4.74 Å². The number of Topliss-reactive ketones (excluding diaryl/α,β-unsaturated/α-hetero) is 1. The highest BCUT2D eigenvalue weighted by Crippen LogP contribution is 2.32. The molecular formula is C15H12BrNO4. The zero-order chi connectivity index (χ0) is 15.6. The molecule has 2 aromatic rings. The molecule has 0 aromatic heterocycles. The van der Waals surface area contributed by atoms with E-state index in [0.717, 1.165) is 10.0 Å². The zero-order valence-electron chi connectivity index (χ0n) is 11.4. The Kier molecular flexibility index (Phi) is 4.37. The predicted molar refractivity (Wildman–Crippen MR) is 82.1 cm³/mol. The lowest BCUT2D eigenvalue weighted by molar-refractivity contribution is -0.385. The Morgan fingerprint density at radius 2 is 1.95 bits per heavy atom. The Bertz CT molecular complexity index is 728. The number of ketones is 1. The normalized spacial score (nSPS) is 10.2. The lowest BCUT2D eigenvalue weighted by atomic mass is 10.1. The van der Waals surface area contributed by atoms with Crippen LogP contribution >= 0.6 is 15.9 Å². The average Bonchev–Trinajstić information content (AvgIpc) is 2.41. The Labute approximate surface area is 129 Å². The molecule has 0 atom stereocenters. The molecule has 0 amide bonds. The largest absolute Gasteiger partial charge is 0.456 e. The molecule has 0 heterocycles. The molecule has 0 spiro atoms. The molecule has 0 fully saturated rings. The minimum Gasteiger partial charge on any atom is -0.456 e. The maximum Gasteiger partial charge on any atom is 0.280 e. The summed E-state index contributed by atoms with van der Waals surface area (Å²) in [5, 5.41) is 10.9. The van der Waals surface area contributed by atoms with Crippen molar-refractivity contribution in [3.8, 4) is 11.5 Å². The average molecular weight is 350 g/mol. The first-order valence-corrected chi connectivity index (χ1v) is 6.91. The quantitative estimate of drug-likeness (QED) is 0.457. The van der Waals surface area contributed by atoms with Crippen LogP contribution in [0.5, 0.6) is 11.5 Å². The summed E-state index contributed by atoms with van der Waals surface area (Å²) in [4.78, 5) is 21.8. The van der Waals surface area contributed by atoms with Crippen molar-refractivity contribution in [2.75, 3.05) is 0 Å². The molecule has 108 valence electrons. The number of nitrogens with zero attached hydrogens (tertiary/aromatic N) is 1. The van der Waals surface area contributed by atoms with E-state index in [9.17, 15) is 14.9 Å². The summed E-state index contributed by atoms with van der Waals surface area (Å²) in [7, 11) is 0. The van der Waals surface area contributed by atoms with Crippen molar-refractivity contribution < 1.29 is 14.5 Å². The standard InChI is InChI=1S/C15H12BrNO4/c1-9-3-6-15(13(16)7-9)21-11-4-5-14(17(19)20)12(8-11)10(2)18/h3-8H,1-2H3. The van der Waals surface area contributed by atoms with Gasteiger partial charge in [0.25, 0.3) is 5.69 Å². The number of hydrogen-bond acceptors (Lipinski definition) is 4. The summed E-state index contributed by atoms with van der Waals surface area (Å²) in [6.45, 7) is 3.24. The van der Waals surface area contributed by atoms with E-state index in [1.165, 1.54) is 25.1 Å². The molecule has 0 saturated carbocycles. The van der Waals surface area contributed by atoms with Crippen LogP contribution in [0.25, 0.3) is 0 Å². The van der Waals surface area contributed by atoms with Crippen molar-refractivity contribution in [3.63, 3.8) is 0 Å². The third-order valence-corrected chi connectivity index (χ3v) is 3.48. The van der Waals surface area contributed by atoms with E-state index >= 15 is 0 Å². The number of rotatable bonds is 4. The van der Waals surface area contributed by atoms with Crippen LogP contribution in [0.15, 0.2) is 40.9 Å². The van der Waals surface area contributed by atoms with E-state index in [2.05, 4.69) is 15.9 Å². The van der Waals surface area contributed by atoms with Gasteiger partial charge in [-0.15, -0.1) is 0 Å². The van der Waals surface area contributed by atoms with Crippen LogP contribution < -0.4 is 4.74 Å². The number of nitro groups is 1. The van der Waals surface area contributed by atoms with Gasteiger partial charge in [0.1, 0.15) is 11.5 Å². The van der Waals surface area contributed by atoms with Crippen molar-refractivity contribution in [1.29, 1.82) is 0 Å². The number of carbonyl (C=O) groups excluding carboxylic acids is 1. The maximum absolute atomic E-state index is 11.5. The molecular weight excluding hydrogens is 338 g/mol. The number of nitro benzene ring substituents is 1. The first kappa shape index (κ1) is 15.2. The Morgan fingerprint density at radius 1 is 1.24 bits per heavy atom. The van der Waals surface area contributed by atoms with Crippen molar-refractivity contribution >= 4 is 27.4 Å². The molecule has 2 rings (SSSR count). The SMILES string of the molecule is CC(=O)c1cc(Oc2ccc(C)cc2Br)ccc1[N+](=O)[O-]. The number of benzene rings is 2. The molecule has 0 aliphatic carbocycles. The van der Waals surface area contributed by atoms with Gasteiger partial charge in [0.15, 0.2) is 5.78 Å². The summed E-state index contributed by atoms with van der Waals surface area (Å²) in [6.07, 6.45) is 0. The molecule has 0 unspecified atom stereocenters. The monoisotopic (exact) mass is 349 g/mol. The fourth-order valence-electron chi connectivity index (χ4n) is 1.84. The molecule has 0 saturated heterocycles. The maximum atomic E-state index is 11.5. The van der Waals surface area contributed by atoms with E-state index < -0.39 is 4.92 Å². The second kappa shape index (κ2) is 6.05. The van der Waals surface area contributed by atoms with Gasteiger partial charge in [0, 0.05) is 6.07 Å². The lowest BCUT2D eigenvalue weighted by Crippen LogP contribution is -2.00. The zero-order valence-corrected chi connectivity index (χ0v) is 13.0. The van der Waals surface area contributed by atoms with Gasteiger partial charge >= 0.3 is 0 Å². The minimum absolute atomic E-state index is 0.0285. The summed E-state index contributed by atoms with van der Waals surface area (Å²) in [5.74, 6) is 0.564. The van der Waals surface area contributed by atoms with Crippen LogP contribution in [0, 0.1) is 17.0 Å². The van der Waals surface area contributed by atoms with E-state index in [-0.39, 0.29) is 17.0 Å². The molecule has 2 aromatic carbocycles. The highest BCUT2D eigenvalue weighted by molar-refractivity contribution is 9.10. The molecule has 0 N–H and O–H groups in total. The Morgan fingerprint density at radius 3 is 2.52 bits per heavy atom. The molecule has 21 heavy (non-hydrogen) atoms. The second-order valence-electron chi connectivity index (χ2n) is 4.53. The van der Waals surface area contributed by atoms with Gasteiger partial charge in [-0.25, -0.2) is 0 Å². The Hall–Kier alpha value is -2.21. The third kappa shape index (κ3) is 3.46. The van der Waals surface area contributed by atoms with Gasteiger partial charge in [0.05, 0.1) is 15.0 Å². The highest BCUT2D eigenvalue weighted by atomic mass is 79.9. The summed E-state index contributed by atoms with van der Waals surface area (Å²) < 4.78 is 6.44. The van der Waals surface area contributed by atoms with Crippen LogP contribution in [0.1, 0.15) is 22.8 Å². The molecule has 6 heteroatoms. The molecule has 0 radical (unpaired) electrons. The number of halogens is 1. The first-order valence-electron chi connectivity index (χ1n) is 6.12. The van der Waals surface area contributed by atoms with Crippen LogP contribution in [0.4, 0.5) is 5.69 Å². The van der Waals surface area contributed by atoms with Crippen LogP contribution in [0.2, 0.25) is 0 Å². The van der Waals surface area contributed by atoms with Gasteiger partial charge in [-0.05, 0) is 59.6 Å². The van der Waals surface area contributed by atoms with Crippen LogP contribution in [-0.2, 0) is 0 Å². The van der Waals surface area contributed by atoms with Crippen molar-refractivity contribution in [3.05, 3.63) is 62.1 Å². The fourth-order valence-corrected chi connectivity index (χ4v) is 2.41. The summed E-state index contributed by atoms with van der Waals surface area (Å²) >= 11 is 3.39. The Balaban J connectivity index is 2.39. The van der Waals surface area contributed by atoms with E-state index in [0.29, 0.717) is 11.5 Å². The first-order chi connectivity index (χ1) is 9.88. The predicted octanol–water partition coefficient (Wildman–Crippen LogP) is 4.66. The summed E-state index contributed by atoms with van der Waals surface area (Å²) in [6, 6.07) is 9.69. The lowest BCUT2D eigenvalue weighted by Gasteiger charge is -2.09. The highest BCUT2D eigenvalue weighted by Gasteiger charge is 2.18. The van der Waals surface area contributed by atoms with Gasteiger partial charge in [-0.2, -0.15) is 0 Å². The number of hydrogen-bond donors (Lipinski definition) is 0. The number of aryl methyl sites for hydroxylation is 1. The van der Waals surface area contributed by atoms with Gasteiger partial charge in [0.2, 0.25) is 0 Å². The van der Waals surface area contributed by atoms with Crippen molar-refractivity contribution in [2.45, 2.75) is 13.8 Å².